The van der Waals surface area contributed by atoms with Crippen LogP contribution in [0.25, 0.3) is 0 Å². The summed E-state index contributed by atoms with van der Waals surface area (Å²) in [6.45, 7) is 2.96. The highest BCUT2D eigenvalue weighted by atomic mass is 19.4. The first-order valence-corrected chi connectivity index (χ1v) is 4.87. The van der Waals surface area contributed by atoms with E-state index in [0.717, 1.165) is 6.92 Å². The Morgan fingerprint density at radius 3 is 2.47 bits per heavy atom. The summed E-state index contributed by atoms with van der Waals surface area (Å²) >= 11 is 0. The second-order valence-electron chi connectivity index (χ2n) is 3.17. The maximum Gasteiger partial charge on any atom is 0.573 e. The number of hydrogen-bond acceptors (Lipinski definition) is 3. The van der Waals surface area contributed by atoms with Crippen LogP contribution in [0.15, 0.2) is 18.2 Å². The van der Waals surface area contributed by atoms with Crippen molar-refractivity contribution in [3.63, 3.8) is 0 Å². The summed E-state index contributed by atoms with van der Waals surface area (Å²) < 4.78 is 45.5. The van der Waals surface area contributed by atoms with E-state index < -0.39 is 17.9 Å². The lowest BCUT2D eigenvalue weighted by atomic mass is 10.1. The minimum Gasteiger partial charge on any atom is -0.490 e. The third kappa shape index (κ3) is 3.65. The molecule has 1 aromatic rings. The number of halogens is 3. The fourth-order valence-electron chi connectivity index (χ4n) is 1.28. The average Bonchev–Trinajstić information content (AvgIpc) is 2.18. The molecular formula is C11H11F3O3. The van der Waals surface area contributed by atoms with Crippen LogP contribution >= 0.6 is 0 Å². The molecule has 17 heavy (non-hydrogen) atoms. The lowest BCUT2D eigenvalue weighted by molar-refractivity contribution is -0.275. The third-order valence-electron chi connectivity index (χ3n) is 1.88. The fraction of sp³-hybridized carbons (Fsp3) is 0.364. The summed E-state index contributed by atoms with van der Waals surface area (Å²) in [6, 6.07) is 4.01. The molecule has 0 unspecified atom stereocenters. The zero-order valence-electron chi connectivity index (χ0n) is 9.30. The Morgan fingerprint density at radius 2 is 2.00 bits per heavy atom. The van der Waals surface area contributed by atoms with E-state index in [9.17, 15) is 18.0 Å². The van der Waals surface area contributed by atoms with E-state index in [1.165, 1.54) is 18.2 Å². The third-order valence-corrected chi connectivity index (χ3v) is 1.88. The summed E-state index contributed by atoms with van der Waals surface area (Å²) in [7, 11) is 0. The topological polar surface area (TPSA) is 35.5 Å². The van der Waals surface area contributed by atoms with Gasteiger partial charge in [0.2, 0.25) is 0 Å². The molecule has 94 valence electrons. The Bertz CT molecular complexity index is 413. The lowest BCUT2D eigenvalue weighted by Crippen LogP contribution is -2.19. The van der Waals surface area contributed by atoms with E-state index in [0.29, 0.717) is 0 Å². The normalized spacial score (nSPS) is 11.1. The van der Waals surface area contributed by atoms with Crippen molar-refractivity contribution in [2.24, 2.45) is 0 Å². The van der Waals surface area contributed by atoms with Crippen molar-refractivity contribution in [1.29, 1.82) is 0 Å². The van der Waals surface area contributed by atoms with Crippen LogP contribution in [0.4, 0.5) is 13.2 Å². The van der Waals surface area contributed by atoms with Crippen molar-refractivity contribution in [2.45, 2.75) is 20.2 Å². The number of ether oxygens (including phenoxy) is 2. The summed E-state index contributed by atoms with van der Waals surface area (Å²) in [5.74, 6) is -1.21. The molecule has 3 nitrogen and oxygen atoms in total. The number of carbonyl (C=O) groups excluding carboxylic acids is 1. The van der Waals surface area contributed by atoms with E-state index in [1.807, 2.05) is 0 Å². The minimum atomic E-state index is -4.86. The first kappa shape index (κ1) is 13.3. The second-order valence-corrected chi connectivity index (χ2v) is 3.17. The van der Waals surface area contributed by atoms with Crippen molar-refractivity contribution in [3.05, 3.63) is 23.8 Å². The van der Waals surface area contributed by atoms with Gasteiger partial charge in [0.15, 0.2) is 17.3 Å². The van der Waals surface area contributed by atoms with Gasteiger partial charge in [0.25, 0.3) is 0 Å². The van der Waals surface area contributed by atoms with Crippen LogP contribution in [-0.2, 0) is 0 Å². The predicted octanol–water partition coefficient (Wildman–Crippen LogP) is 3.19. The molecule has 0 spiro atoms. The summed E-state index contributed by atoms with van der Waals surface area (Å²) in [4.78, 5) is 11.2. The number of para-hydroxylation sites is 1. The Balaban J connectivity index is 3.23. The van der Waals surface area contributed by atoms with Crippen molar-refractivity contribution < 1.29 is 27.4 Å². The molecule has 0 atom stereocenters. The van der Waals surface area contributed by atoms with Gasteiger partial charge in [0.1, 0.15) is 0 Å². The van der Waals surface area contributed by atoms with Crippen molar-refractivity contribution in [1.82, 2.24) is 0 Å². The highest BCUT2D eigenvalue weighted by Crippen LogP contribution is 2.35. The number of hydrogen-bond donors (Lipinski definition) is 0. The Labute approximate surface area is 96.1 Å². The number of carbonyl (C=O) groups is 1. The Kier molecular flexibility index (Phi) is 3.98. The molecule has 0 saturated heterocycles. The average molecular weight is 248 g/mol. The highest BCUT2D eigenvalue weighted by molar-refractivity contribution is 5.97. The van der Waals surface area contributed by atoms with Crippen LogP contribution in [-0.4, -0.2) is 18.8 Å². The molecule has 0 heterocycles. The predicted molar refractivity (Wildman–Crippen MR) is 54.3 cm³/mol. The van der Waals surface area contributed by atoms with Crippen LogP contribution in [0, 0.1) is 0 Å². The van der Waals surface area contributed by atoms with Gasteiger partial charge in [-0.25, -0.2) is 0 Å². The monoisotopic (exact) mass is 248 g/mol. The molecule has 1 rings (SSSR count). The van der Waals surface area contributed by atoms with Gasteiger partial charge in [-0.1, -0.05) is 6.07 Å². The van der Waals surface area contributed by atoms with Crippen LogP contribution in [0.2, 0.25) is 0 Å². The molecule has 1 aromatic carbocycles. The first-order chi connectivity index (χ1) is 7.85. The Morgan fingerprint density at radius 1 is 1.35 bits per heavy atom. The number of benzene rings is 1. The van der Waals surface area contributed by atoms with Crippen LogP contribution in [0.3, 0.4) is 0 Å². The molecule has 0 aliphatic heterocycles. The molecule has 0 saturated carbocycles. The summed E-state index contributed by atoms with van der Waals surface area (Å²) in [5.41, 5.74) is -0.159. The van der Waals surface area contributed by atoms with Gasteiger partial charge in [-0.05, 0) is 26.0 Å². The molecule has 0 bridgehead atoms. The van der Waals surface area contributed by atoms with Gasteiger partial charge in [0.05, 0.1) is 12.2 Å². The maximum atomic E-state index is 12.2. The van der Waals surface area contributed by atoms with Gasteiger partial charge >= 0.3 is 6.36 Å². The van der Waals surface area contributed by atoms with E-state index in [4.69, 9.17) is 4.74 Å². The van der Waals surface area contributed by atoms with Crippen molar-refractivity contribution in [2.75, 3.05) is 6.61 Å². The number of ketones is 1. The maximum absolute atomic E-state index is 12.2. The molecule has 0 aliphatic rings. The van der Waals surface area contributed by atoms with Gasteiger partial charge in [-0.15, -0.1) is 13.2 Å². The van der Waals surface area contributed by atoms with Crippen molar-refractivity contribution in [3.8, 4) is 11.5 Å². The molecule has 0 N–H and O–H groups in total. The molecule has 0 fully saturated rings. The SMILES string of the molecule is CCOc1cccc(C(C)=O)c1OC(F)(F)F. The molecule has 0 aromatic heterocycles. The van der Waals surface area contributed by atoms with Gasteiger partial charge in [-0.2, -0.15) is 0 Å². The highest BCUT2D eigenvalue weighted by Gasteiger charge is 2.34. The fourth-order valence-corrected chi connectivity index (χ4v) is 1.28. The van der Waals surface area contributed by atoms with Gasteiger partial charge < -0.3 is 9.47 Å². The van der Waals surface area contributed by atoms with E-state index in [-0.39, 0.29) is 17.9 Å². The lowest BCUT2D eigenvalue weighted by Gasteiger charge is -2.15. The smallest absolute Gasteiger partial charge is 0.490 e. The molecule has 0 amide bonds. The minimum absolute atomic E-state index is 0.0995. The molecule has 0 aliphatic carbocycles. The standard InChI is InChI=1S/C11H11F3O3/c1-3-16-9-6-4-5-8(7(2)15)10(9)17-11(12,13)14/h4-6H,3H2,1-2H3. The molecular weight excluding hydrogens is 237 g/mol. The number of rotatable bonds is 4. The molecule has 0 radical (unpaired) electrons. The van der Waals surface area contributed by atoms with Gasteiger partial charge in [-0.3, -0.25) is 4.79 Å². The zero-order valence-corrected chi connectivity index (χ0v) is 9.30. The van der Waals surface area contributed by atoms with Crippen LogP contribution < -0.4 is 9.47 Å². The zero-order chi connectivity index (χ0) is 13.1. The van der Waals surface area contributed by atoms with E-state index in [2.05, 4.69) is 4.74 Å². The van der Waals surface area contributed by atoms with Crippen LogP contribution in [0.1, 0.15) is 24.2 Å². The molecule has 6 heteroatoms. The second kappa shape index (κ2) is 5.07. The van der Waals surface area contributed by atoms with E-state index >= 15 is 0 Å². The quantitative estimate of drug-likeness (QED) is 0.767. The largest absolute Gasteiger partial charge is 0.573 e. The number of alkyl halides is 3. The van der Waals surface area contributed by atoms with Crippen molar-refractivity contribution >= 4 is 5.78 Å². The van der Waals surface area contributed by atoms with E-state index in [1.54, 1.807) is 6.92 Å². The van der Waals surface area contributed by atoms with Crippen LogP contribution in [0.5, 0.6) is 11.5 Å². The van der Waals surface area contributed by atoms with Gasteiger partial charge in [0, 0.05) is 0 Å². The Hall–Kier alpha value is -1.72. The number of Topliss-reactive ketones (excluding diaryl/α,β-unsaturated/α-hetero) is 1. The summed E-state index contributed by atoms with van der Waals surface area (Å²) in [5, 5.41) is 0. The first-order valence-electron chi connectivity index (χ1n) is 4.87. The summed E-state index contributed by atoms with van der Waals surface area (Å²) in [6.07, 6.45) is -4.86.